The third-order valence-corrected chi connectivity index (χ3v) is 2.21. The predicted octanol–water partition coefficient (Wildman–Crippen LogP) is 0.417. The number of hydrogen-bond donors (Lipinski definition) is 3. The van der Waals surface area contributed by atoms with E-state index in [0.717, 1.165) is 0 Å². The molecule has 0 saturated heterocycles. The van der Waals surface area contributed by atoms with Crippen molar-refractivity contribution >= 4 is 11.6 Å². The summed E-state index contributed by atoms with van der Waals surface area (Å²) in [6, 6.07) is 1.73. The van der Waals surface area contributed by atoms with E-state index in [4.69, 9.17) is 10.4 Å². The van der Waals surface area contributed by atoms with Crippen LogP contribution in [0.3, 0.4) is 0 Å². The van der Waals surface area contributed by atoms with Crippen molar-refractivity contribution in [2.75, 3.05) is 17.3 Å². The zero-order chi connectivity index (χ0) is 13.0. The van der Waals surface area contributed by atoms with E-state index >= 15 is 0 Å². The summed E-state index contributed by atoms with van der Waals surface area (Å²) in [6.45, 7) is 4.21. The minimum Gasteiger partial charge on any atom is -0.369 e. The molecule has 0 aliphatic heterocycles. The molecule has 2 rings (SSSR count). The van der Waals surface area contributed by atoms with Crippen LogP contribution in [0.5, 0.6) is 0 Å². The third kappa shape index (κ3) is 3.14. The SMILES string of the molecule is Cc1nc(NN)cc(NCCc2noc(C)n2)n1. The summed E-state index contributed by atoms with van der Waals surface area (Å²) in [7, 11) is 0. The molecule has 0 unspecified atom stereocenters. The van der Waals surface area contributed by atoms with Gasteiger partial charge in [-0.05, 0) is 6.92 Å². The second-order valence-electron chi connectivity index (χ2n) is 3.74. The van der Waals surface area contributed by atoms with Gasteiger partial charge in [0.15, 0.2) is 5.82 Å². The maximum absolute atomic E-state index is 5.31. The Morgan fingerprint density at radius 3 is 2.67 bits per heavy atom. The molecule has 0 amide bonds. The number of nitrogen functional groups attached to an aromatic ring is 1. The van der Waals surface area contributed by atoms with Gasteiger partial charge >= 0.3 is 0 Å². The Morgan fingerprint density at radius 2 is 2.00 bits per heavy atom. The van der Waals surface area contributed by atoms with E-state index in [1.807, 2.05) is 0 Å². The summed E-state index contributed by atoms with van der Waals surface area (Å²) in [6.07, 6.45) is 0.659. The van der Waals surface area contributed by atoms with Gasteiger partial charge < -0.3 is 15.3 Å². The Balaban J connectivity index is 1.91. The van der Waals surface area contributed by atoms with Crippen molar-refractivity contribution in [2.24, 2.45) is 5.84 Å². The van der Waals surface area contributed by atoms with Crippen LogP contribution in [-0.2, 0) is 6.42 Å². The Kier molecular flexibility index (Phi) is 3.68. The number of rotatable bonds is 5. The topological polar surface area (TPSA) is 115 Å². The Labute approximate surface area is 104 Å². The zero-order valence-corrected chi connectivity index (χ0v) is 10.3. The average Bonchev–Trinajstić information content (AvgIpc) is 2.74. The van der Waals surface area contributed by atoms with Crippen LogP contribution in [0.2, 0.25) is 0 Å². The lowest BCUT2D eigenvalue weighted by molar-refractivity contribution is 0.387. The smallest absolute Gasteiger partial charge is 0.223 e. The molecule has 18 heavy (non-hydrogen) atoms. The molecular formula is C10H15N7O. The molecule has 0 bridgehead atoms. The van der Waals surface area contributed by atoms with Crippen molar-refractivity contribution in [2.45, 2.75) is 20.3 Å². The van der Waals surface area contributed by atoms with Crippen molar-refractivity contribution in [3.8, 4) is 0 Å². The summed E-state index contributed by atoms with van der Waals surface area (Å²) < 4.78 is 4.88. The largest absolute Gasteiger partial charge is 0.369 e. The van der Waals surface area contributed by atoms with Crippen molar-refractivity contribution in [3.63, 3.8) is 0 Å². The molecule has 2 aromatic rings. The number of anilines is 2. The summed E-state index contributed by atoms with van der Waals surface area (Å²) in [5.41, 5.74) is 2.49. The van der Waals surface area contributed by atoms with Gasteiger partial charge in [-0.25, -0.2) is 15.8 Å². The van der Waals surface area contributed by atoms with Gasteiger partial charge in [0.1, 0.15) is 17.5 Å². The summed E-state index contributed by atoms with van der Waals surface area (Å²) >= 11 is 0. The minimum absolute atomic E-state index is 0.567. The number of nitrogens with two attached hydrogens (primary N) is 1. The maximum atomic E-state index is 5.31. The molecule has 0 aromatic carbocycles. The standard InChI is InChI=1S/C10H15N7O/c1-6-13-9(5-10(14-6)16-11)12-4-3-8-15-7(2)18-17-8/h5H,3-4,11H2,1-2H3,(H2,12,13,14,16). The van der Waals surface area contributed by atoms with Crippen LogP contribution in [0.15, 0.2) is 10.6 Å². The number of aryl methyl sites for hydroxylation is 2. The van der Waals surface area contributed by atoms with E-state index in [1.165, 1.54) is 0 Å². The van der Waals surface area contributed by atoms with Gasteiger partial charge in [-0.3, -0.25) is 0 Å². The molecule has 2 aromatic heterocycles. The molecule has 8 heteroatoms. The van der Waals surface area contributed by atoms with Gasteiger partial charge in [0.2, 0.25) is 5.89 Å². The third-order valence-electron chi connectivity index (χ3n) is 2.21. The number of nitrogens with one attached hydrogen (secondary N) is 2. The van der Waals surface area contributed by atoms with Crippen molar-refractivity contribution < 1.29 is 4.52 Å². The maximum Gasteiger partial charge on any atom is 0.223 e. The van der Waals surface area contributed by atoms with E-state index in [2.05, 4.69) is 30.9 Å². The number of hydrogen-bond acceptors (Lipinski definition) is 8. The summed E-state index contributed by atoms with van der Waals surface area (Å²) in [5, 5.41) is 6.96. The molecule has 0 atom stereocenters. The normalized spacial score (nSPS) is 10.4. The first-order valence-corrected chi connectivity index (χ1v) is 5.53. The van der Waals surface area contributed by atoms with Crippen LogP contribution >= 0.6 is 0 Å². The first-order chi connectivity index (χ1) is 8.67. The Hall–Kier alpha value is -2.22. The van der Waals surface area contributed by atoms with Crippen LogP contribution in [0.4, 0.5) is 11.6 Å². The highest BCUT2D eigenvalue weighted by Gasteiger charge is 2.03. The lowest BCUT2D eigenvalue weighted by Gasteiger charge is -2.06. The Morgan fingerprint density at radius 1 is 1.22 bits per heavy atom. The van der Waals surface area contributed by atoms with Crippen molar-refractivity contribution in [1.82, 2.24) is 20.1 Å². The highest BCUT2D eigenvalue weighted by Crippen LogP contribution is 2.09. The Bertz CT molecular complexity index is 525. The first-order valence-electron chi connectivity index (χ1n) is 5.53. The molecule has 0 spiro atoms. The molecule has 0 radical (unpaired) electrons. The molecule has 0 saturated carbocycles. The second kappa shape index (κ2) is 5.41. The van der Waals surface area contributed by atoms with Gasteiger partial charge in [0.25, 0.3) is 0 Å². The lowest BCUT2D eigenvalue weighted by atomic mass is 10.4. The monoisotopic (exact) mass is 249 g/mol. The fraction of sp³-hybridized carbons (Fsp3) is 0.400. The van der Waals surface area contributed by atoms with Gasteiger partial charge in [0.05, 0.1) is 0 Å². The second-order valence-corrected chi connectivity index (χ2v) is 3.74. The molecule has 96 valence electrons. The molecular weight excluding hydrogens is 234 g/mol. The quantitative estimate of drug-likeness (QED) is 0.515. The number of hydrazine groups is 1. The predicted molar refractivity (Wildman–Crippen MR) is 65.8 cm³/mol. The molecule has 2 heterocycles. The average molecular weight is 249 g/mol. The van der Waals surface area contributed by atoms with Crippen LogP contribution < -0.4 is 16.6 Å². The summed E-state index contributed by atoms with van der Waals surface area (Å²) in [4.78, 5) is 12.4. The molecule has 8 nitrogen and oxygen atoms in total. The highest BCUT2D eigenvalue weighted by molar-refractivity contribution is 5.46. The molecule has 0 aliphatic carbocycles. The van der Waals surface area contributed by atoms with E-state index in [-0.39, 0.29) is 0 Å². The van der Waals surface area contributed by atoms with Gasteiger partial charge in [0, 0.05) is 26.0 Å². The van der Waals surface area contributed by atoms with Gasteiger partial charge in [-0.15, -0.1) is 0 Å². The molecule has 0 aliphatic rings. The molecule has 4 N–H and O–H groups in total. The van der Waals surface area contributed by atoms with Crippen molar-refractivity contribution in [1.29, 1.82) is 0 Å². The van der Waals surface area contributed by atoms with E-state index in [1.54, 1.807) is 19.9 Å². The fourth-order valence-corrected chi connectivity index (χ4v) is 1.48. The van der Waals surface area contributed by atoms with Gasteiger partial charge in [-0.1, -0.05) is 5.16 Å². The van der Waals surface area contributed by atoms with E-state index in [0.29, 0.717) is 42.1 Å². The van der Waals surface area contributed by atoms with Crippen LogP contribution in [0, 0.1) is 13.8 Å². The van der Waals surface area contributed by atoms with Crippen LogP contribution in [-0.4, -0.2) is 26.7 Å². The van der Waals surface area contributed by atoms with Crippen LogP contribution in [0.1, 0.15) is 17.5 Å². The van der Waals surface area contributed by atoms with Crippen LogP contribution in [0.25, 0.3) is 0 Å². The van der Waals surface area contributed by atoms with E-state index in [9.17, 15) is 0 Å². The first kappa shape index (κ1) is 12.2. The van der Waals surface area contributed by atoms with Crippen molar-refractivity contribution in [3.05, 3.63) is 23.6 Å². The van der Waals surface area contributed by atoms with E-state index < -0.39 is 0 Å². The zero-order valence-electron chi connectivity index (χ0n) is 10.3. The summed E-state index contributed by atoms with van der Waals surface area (Å²) in [5.74, 6) is 8.46. The minimum atomic E-state index is 0.567. The van der Waals surface area contributed by atoms with Gasteiger partial charge in [-0.2, -0.15) is 4.98 Å². The number of nitrogens with zero attached hydrogens (tertiary/aromatic N) is 4. The number of aromatic nitrogens is 4. The lowest BCUT2D eigenvalue weighted by Crippen LogP contribution is -2.12. The molecule has 0 fully saturated rings. The highest BCUT2D eigenvalue weighted by atomic mass is 16.5. The fourth-order valence-electron chi connectivity index (χ4n) is 1.48.